The Morgan fingerprint density at radius 2 is 2.07 bits per heavy atom. The Morgan fingerprint density at radius 3 is 2.64 bits per heavy atom. The summed E-state index contributed by atoms with van der Waals surface area (Å²) < 4.78 is 0. The number of nitrogens with two attached hydrogens (primary N) is 1. The lowest BCUT2D eigenvalue weighted by Gasteiger charge is -2.25. The van der Waals surface area contributed by atoms with Crippen LogP contribution in [0.4, 0.5) is 5.69 Å². The fraction of sp³-hybridized carbons (Fsp3) is 0.538. The van der Waals surface area contributed by atoms with Crippen LogP contribution in [0.25, 0.3) is 0 Å². The van der Waals surface area contributed by atoms with Crippen molar-refractivity contribution in [3.8, 4) is 0 Å². The predicted molar refractivity (Wildman–Crippen MR) is 59.4 cm³/mol. The van der Waals surface area contributed by atoms with E-state index in [2.05, 4.69) is 19.1 Å². The van der Waals surface area contributed by atoms with Gasteiger partial charge in [0, 0.05) is 5.69 Å². The van der Waals surface area contributed by atoms with Crippen molar-refractivity contribution in [1.82, 2.24) is 0 Å². The maximum Gasteiger partial charge on any atom is 0.0384 e. The Morgan fingerprint density at radius 1 is 1.29 bits per heavy atom. The van der Waals surface area contributed by atoms with Gasteiger partial charge in [-0.3, -0.25) is 0 Å². The van der Waals surface area contributed by atoms with Gasteiger partial charge in [0.05, 0.1) is 0 Å². The first-order chi connectivity index (χ1) is 6.77. The summed E-state index contributed by atoms with van der Waals surface area (Å²) in [7, 11) is 0. The molecule has 74 valence electrons. The van der Waals surface area contributed by atoms with Gasteiger partial charge in [-0.1, -0.05) is 19.1 Å². The average molecular weight is 187 g/mol. The molecule has 3 rings (SSSR count). The number of hydrogen-bond donors (Lipinski definition) is 1. The number of hydrogen-bond acceptors (Lipinski definition) is 1. The minimum atomic E-state index is 0.681. The fourth-order valence-electron chi connectivity index (χ4n) is 2.59. The molecule has 1 nitrogen and oxygen atoms in total. The van der Waals surface area contributed by atoms with Gasteiger partial charge in [0.15, 0.2) is 0 Å². The first kappa shape index (κ1) is 8.34. The van der Waals surface area contributed by atoms with Gasteiger partial charge in [0.1, 0.15) is 0 Å². The van der Waals surface area contributed by atoms with E-state index in [9.17, 15) is 0 Å². The van der Waals surface area contributed by atoms with Gasteiger partial charge >= 0.3 is 0 Å². The van der Waals surface area contributed by atoms with E-state index in [1.807, 2.05) is 0 Å². The van der Waals surface area contributed by atoms with E-state index < -0.39 is 0 Å². The summed E-state index contributed by atoms with van der Waals surface area (Å²) in [6.45, 7) is 2.33. The highest BCUT2D eigenvalue weighted by molar-refractivity contribution is 5.61. The van der Waals surface area contributed by atoms with Crippen LogP contribution in [0.3, 0.4) is 0 Å². The second kappa shape index (κ2) is 2.75. The summed E-state index contributed by atoms with van der Waals surface area (Å²) in [4.78, 5) is 0. The SMILES string of the molecule is C[C@@H](c1ccc2c(c1N)CC2)C1CC1. The highest BCUT2D eigenvalue weighted by Crippen LogP contribution is 2.45. The number of fused-ring (bicyclic) bond motifs is 1. The van der Waals surface area contributed by atoms with E-state index in [4.69, 9.17) is 5.73 Å². The van der Waals surface area contributed by atoms with Crippen LogP contribution in [0.2, 0.25) is 0 Å². The largest absolute Gasteiger partial charge is 0.398 e. The molecule has 0 spiro atoms. The lowest BCUT2D eigenvalue weighted by molar-refractivity contribution is 0.662. The van der Waals surface area contributed by atoms with Crippen LogP contribution < -0.4 is 5.73 Å². The van der Waals surface area contributed by atoms with Crippen LogP contribution >= 0.6 is 0 Å². The van der Waals surface area contributed by atoms with Gasteiger partial charge in [0.25, 0.3) is 0 Å². The number of anilines is 1. The zero-order valence-corrected chi connectivity index (χ0v) is 8.72. The molecule has 1 heteroatoms. The molecule has 0 radical (unpaired) electrons. The normalized spacial score (nSPS) is 21.2. The lowest BCUT2D eigenvalue weighted by Crippen LogP contribution is -2.14. The first-order valence-electron chi connectivity index (χ1n) is 5.67. The van der Waals surface area contributed by atoms with Crippen LogP contribution in [0.1, 0.15) is 42.4 Å². The monoisotopic (exact) mass is 187 g/mol. The molecule has 0 amide bonds. The van der Waals surface area contributed by atoms with Crippen molar-refractivity contribution >= 4 is 5.69 Å². The van der Waals surface area contributed by atoms with Crippen LogP contribution in [0.15, 0.2) is 12.1 Å². The summed E-state index contributed by atoms with van der Waals surface area (Å²) in [6.07, 6.45) is 5.24. The third kappa shape index (κ3) is 1.08. The molecular formula is C13H17N. The van der Waals surface area contributed by atoms with Gasteiger partial charge in [-0.2, -0.15) is 0 Å². The predicted octanol–water partition coefficient (Wildman–Crippen LogP) is 2.88. The molecule has 1 aromatic carbocycles. The lowest BCUT2D eigenvalue weighted by atomic mass is 9.82. The van der Waals surface area contributed by atoms with Crippen LogP contribution in [-0.4, -0.2) is 0 Å². The second-order valence-electron chi connectivity index (χ2n) is 4.83. The summed E-state index contributed by atoms with van der Waals surface area (Å²) >= 11 is 0. The minimum absolute atomic E-state index is 0.681. The zero-order chi connectivity index (χ0) is 9.71. The molecular weight excluding hydrogens is 170 g/mol. The third-order valence-corrected chi connectivity index (χ3v) is 3.95. The zero-order valence-electron chi connectivity index (χ0n) is 8.72. The summed E-state index contributed by atoms with van der Waals surface area (Å²) in [5, 5.41) is 0. The second-order valence-corrected chi connectivity index (χ2v) is 4.83. The van der Waals surface area contributed by atoms with E-state index in [1.165, 1.54) is 42.4 Å². The van der Waals surface area contributed by atoms with Crippen molar-refractivity contribution < 1.29 is 0 Å². The molecule has 14 heavy (non-hydrogen) atoms. The van der Waals surface area contributed by atoms with Gasteiger partial charge in [-0.15, -0.1) is 0 Å². The van der Waals surface area contributed by atoms with Crippen molar-refractivity contribution in [1.29, 1.82) is 0 Å². The maximum absolute atomic E-state index is 6.20. The van der Waals surface area contributed by atoms with E-state index in [-0.39, 0.29) is 0 Å². The fourth-order valence-corrected chi connectivity index (χ4v) is 2.59. The van der Waals surface area contributed by atoms with E-state index in [0.29, 0.717) is 5.92 Å². The number of benzene rings is 1. The quantitative estimate of drug-likeness (QED) is 0.708. The van der Waals surface area contributed by atoms with Gasteiger partial charge in [0.2, 0.25) is 0 Å². The van der Waals surface area contributed by atoms with Gasteiger partial charge in [-0.25, -0.2) is 0 Å². The molecule has 0 aromatic heterocycles. The summed E-state index contributed by atoms with van der Waals surface area (Å²) in [5.74, 6) is 1.59. The van der Waals surface area contributed by atoms with Crippen LogP contribution in [0, 0.1) is 5.92 Å². The average Bonchev–Trinajstić information content (AvgIpc) is 2.90. The Balaban J connectivity index is 2.00. The number of aryl methyl sites for hydroxylation is 1. The Hall–Kier alpha value is -0.980. The third-order valence-electron chi connectivity index (χ3n) is 3.95. The summed E-state index contributed by atoms with van der Waals surface area (Å²) in [5.41, 5.74) is 11.6. The number of nitrogen functional groups attached to an aromatic ring is 1. The van der Waals surface area contributed by atoms with Gasteiger partial charge in [-0.05, 0) is 54.2 Å². The van der Waals surface area contributed by atoms with Crippen molar-refractivity contribution in [2.75, 3.05) is 5.73 Å². The van der Waals surface area contributed by atoms with Crippen LogP contribution in [0.5, 0.6) is 0 Å². The molecule has 0 bridgehead atoms. The molecule has 0 unspecified atom stereocenters. The molecule has 1 atom stereocenters. The van der Waals surface area contributed by atoms with Gasteiger partial charge < -0.3 is 5.73 Å². The highest BCUT2D eigenvalue weighted by atomic mass is 14.6. The summed E-state index contributed by atoms with van der Waals surface area (Å²) in [6, 6.07) is 4.54. The highest BCUT2D eigenvalue weighted by Gasteiger charge is 2.31. The van der Waals surface area contributed by atoms with Crippen LogP contribution in [-0.2, 0) is 12.8 Å². The molecule has 1 saturated carbocycles. The molecule has 0 saturated heterocycles. The van der Waals surface area contributed by atoms with Crippen molar-refractivity contribution in [3.63, 3.8) is 0 Å². The van der Waals surface area contributed by atoms with E-state index in [0.717, 1.165) is 11.6 Å². The first-order valence-corrected chi connectivity index (χ1v) is 5.67. The number of rotatable bonds is 2. The Labute approximate surface area is 85.3 Å². The van der Waals surface area contributed by atoms with E-state index in [1.54, 1.807) is 0 Å². The van der Waals surface area contributed by atoms with Crippen molar-refractivity contribution in [2.24, 2.45) is 5.92 Å². The topological polar surface area (TPSA) is 26.0 Å². The Kier molecular flexibility index (Phi) is 1.64. The minimum Gasteiger partial charge on any atom is -0.398 e. The molecule has 1 fully saturated rings. The van der Waals surface area contributed by atoms with E-state index >= 15 is 0 Å². The Bertz CT molecular complexity index is 377. The molecule has 2 aliphatic rings. The molecule has 2 N–H and O–H groups in total. The smallest absolute Gasteiger partial charge is 0.0384 e. The molecule has 0 aliphatic heterocycles. The maximum atomic E-state index is 6.20. The van der Waals surface area contributed by atoms with Crippen molar-refractivity contribution in [3.05, 3.63) is 28.8 Å². The van der Waals surface area contributed by atoms with Crippen molar-refractivity contribution in [2.45, 2.75) is 38.5 Å². The molecule has 1 aromatic rings. The standard InChI is InChI=1S/C13H17N/c1-8(9-2-3-9)11-6-4-10-5-7-12(10)13(11)14/h4,6,8-9H,2-3,5,7,14H2,1H3/t8-/m1/s1. The molecule has 2 aliphatic carbocycles. The molecule has 0 heterocycles.